The van der Waals surface area contributed by atoms with Crippen molar-refractivity contribution >= 4 is 29.4 Å². The Labute approximate surface area is 129 Å². The maximum atomic E-state index is 12.3. The SMILES string of the molecule is CC1(C(=O)NCc2ccc(S)c3ncccc23)CCCO1. The Morgan fingerprint density at radius 1 is 1.48 bits per heavy atom. The minimum atomic E-state index is -0.683. The Morgan fingerprint density at radius 3 is 3.10 bits per heavy atom. The first kappa shape index (κ1) is 14.4. The smallest absolute Gasteiger partial charge is 0.252 e. The highest BCUT2D eigenvalue weighted by molar-refractivity contribution is 7.80. The number of ether oxygens (including phenoxy) is 1. The zero-order valence-electron chi connectivity index (χ0n) is 11.9. The van der Waals surface area contributed by atoms with Crippen molar-refractivity contribution in [2.75, 3.05) is 6.61 Å². The van der Waals surface area contributed by atoms with Gasteiger partial charge in [0.2, 0.25) is 0 Å². The van der Waals surface area contributed by atoms with Crippen LogP contribution in [0.2, 0.25) is 0 Å². The van der Waals surface area contributed by atoms with E-state index in [1.54, 1.807) is 6.20 Å². The predicted octanol–water partition coefficient (Wildman–Crippen LogP) is 2.71. The van der Waals surface area contributed by atoms with Gasteiger partial charge >= 0.3 is 0 Å². The second-order valence-electron chi connectivity index (χ2n) is 5.51. The van der Waals surface area contributed by atoms with E-state index in [0.717, 1.165) is 34.2 Å². The number of benzene rings is 1. The number of carbonyl (C=O) groups is 1. The van der Waals surface area contributed by atoms with Gasteiger partial charge in [0.15, 0.2) is 0 Å². The molecule has 1 saturated heterocycles. The van der Waals surface area contributed by atoms with Crippen LogP contribution in [0, 0.1) is 0 Å². The van der Waals surface area contributed by atoms with Gasteiger partial charge < -0.3 is 10.1 Å². The van der Waals surface area contributed by atoms with Crippen LogP contribution in [0.4, 0.5) is 0 Å². The minimum absolute atomic E-state index is 0.0491. The molecule has 110 valence electrons. The maximum Gasteiger partial charge on any atom is 0.252 e. The lowest BCUT2D eigenvalue weighted by atomic mass is 10.0. The van der Waals surface area contributed by atoms with Gasteiger partial charge in [-0.1, -0.05) is 12.1 Å². The molecule has 0 spiro atoms. The summed E-state index contributed by atoms with van der Waals surface area (Å²) in [5.74, 6) is -0.0491. The van der Waals surface area contributed by atoms with Crippen LogP contribution in [0.15, 0.2) is 35.4 Å². The molecule has 1 unspecified atom stereocenters. The summed E-state index contributed by atoms with van der Waals surface area (Å²) in [5.41, 5.74) is 1.21. The summed E-state index contributed by atoms with van der Waals surface area (Å²) >= 11 is 4.42. The van der Waals surface area contributed by atoms with Crippen LogP contribution in [0.1, 0.15) is 25.3 Å². The van der Waals surface area contributed by atoms with E-state index in [4.69, 9.17) is 4.74 Å². The van der Waals surface area contributed by atoms with Gasteiger partial charge in [0.1, 0.15) is 5.60 Å². The Bertz CT molecular complexity index is 681. The van der Waals surface area contributed by atoms with Gasteiger partial charge in [0.25, 0.3) is 5.91 Å². The van der Waals surface area contributed by atoms with Crippen LogP contribution in [-0.4, -0.2) is 23.1 Å². The Morgan fingerprint density at radius 2 is 2.33 bits per heavy atom. The van der Waals surface area contributed by atoms with E-state index < -0.39 is 5.60 Å². The van der Waals surface area contributed by atoms with Crippen molar-refractivity contribution in [3.05, 3.63) is 36.0 Å². The number of nitrogens with one attached hydrogen (secondary N) is 1. The highest BCUT2D eigenvalue weighted by atomic mass is 32.1. The van der Waals surface area contributed by atoms with E-state index in [9.17, 15) is 4.79 Å². The molecule has 0 saturated carbocycles. The van der Waals surface area contributed by atoms with Crippen LogP contribution in [-0.2, 0) is 16.1 Å². The number of aromatic nitrogens is 1. The molecule has 1 fully saturated rings. The summed E-state index contributed by atoms with van der Waals surface area (Å²) in [5, 5.41) is 3.99. The van der Waals surface area contributed by atoms with Gasteiger partial charge in [-0.15, -0.1) is 12.6 Å². The van der Waals surface area contributed by atoms with Crippen LogP contribution in [0.3, 0.4) is 0 Å². The fourth-order valence-corrected chi connectivity index (χ4v) is 2.94. The number of nitrogens with zero attached hydrogens (tertiary/aromatic N) is 1. The first-order valence-corrected chi connectivity index (χ1v) is 7.53. The number of amides is 1. The van der Waals surface area contributed by atoms with E-state index in [2.05, 4.69) is 22.9 Å². The van der Waals surface area contributed by atoms with Gasteiger partial charge in [-0.05, 0) is 37.5 Å². The number of fused-ring (bicyclic) bond motifs is 1. The Kier molecular flexibility index (Phi) is 3.87. The first-order chi connectivity index (χ1) is 10.1. The third kappa shape index (κ3) is 2.76. The monoisotopic (exact) mass is 302 g/mol. The molecular formula is C16H18N2O2S. The normalized spacial score (nSPS) is 21.6. The average molecular weight is 302 g/mol. The Balaban J connectivity index is 1.80. The van der Waals surface area contributed by atoms with Gasteiger partial charge in [-0.2, -0.15) is 0 Å². The molecule has 1 aliphatic rings. The quantitative estimate of drug-likeness (QED) is 0.857. The zero-order valence-corrected chi connectivity index (χ0v) is 12.8. The van der Waals surface area contributed by atoms with Crippen molar-refractivity contribution in [3.8, 4) is 0 Å². The van der Waals surface area contributed by atoms with Gasteiger partial charge in [-0.25, -0.2) is 0 Å². The molecular weight excluding hydrogens is 284 g/mol. The van der Waals surface area contributed by atoms with Crippen molar-refractivity contribution in [1.82, 2.24) is 10.3 Å². The lowest BCUT2D eigenvalue weighted by molar-refractivity contribution is -0.139. The molecule has 1 amide bonds. The van der Waals surface area contributed by atoms with E-state index in [1.165, 1.54) is 0 Å². The number of hydrogen-bond donors (Lipinski definition) is 2. The van der Waals surface area contributed by atoms with Crippen molar-refractivity contribution in [2.45, 2.75) is 36.8 Å². The fraction of sp³-hybridized carbons (Fsp3) is 0.375. The van der Waals surface area contributed by atoms with Gasteiger partial charge in [0, 0.05) is 29.6 Å². The fourth-order valence-electron chi connectivity index (χ4n) is 2.69. The van der Waals surface area contributed by atoms with Crippen LogP contribution < -0.4 is 5.32 Å². The van der Waals surface area contributed by atoms with E-state index >= 15 is 0 Å². The van der Waals surface area contributed by atoms with Gasteiger partial charge in [0.05, 0.1) is 5.52 Å². The van der Waals surface area contributed by atoms with Crippen LogP contribution in [0.25, 0.3) is 10.9 Å². The van der Waals surface area contributed by atoms with Crippen molar-refractivity contribution in [2.24, 2.45) is 0 Å². The number of pyridine rings is 1. The summed E-state index contributed by atoms with van der Waals surface area (Å²) in [6.45, 7) is 2.98. The molecule has 2 aromatic rings. The number of hydrogen-bond acceptors (Lipinski definition) is 4. The third-order valence-corrected chi connectivity index (χ3v) is 4.34. The highest BCUT2D eigenvalue weighted by Gasteiger charge is 2.37. The molecule has 1 atom stereocenters. The summed E-state index contributed by atoms with van der Waals surface area (Å²) in [7, 11) is 0. The van der Waals surface area contributed by atoms with Gasteiger partial charge in [-0.3, -0.25) is 9.78 Å². The van der Waals surface area contributed by atoms with Crippen LogP contribution >= 0.6 is 12.6 Å². The molecule has 5 heteroatoms. The maximum absolute atomic E-state index is 12.3. The summed E-state index contributed by atoms with van der Waals surface area (Å²) in [4.78, 5) is 17.5. The largest absolute Gasteiger partial charge is 0.365 e. The van der Waals surface area contributed by atoms with Crippen molar-refractivity contribution in [1.29, 1.82) is 0 Å². The number of thiol groups is 1. The summed E-state index contributed by atoms with van der Waals surface area (Å²) in [6, 6.07) is 7.78. The lowest BCUT2D eigenvalue weighted by Gasteiger charge is -2.22. The second kappa shape index (κ2) is 5.66. The molecule has 1 aromatic carbocycles. The molecule has 1 N–H and O–H groups in total. The molecule has 2 heterocycles. The number of rotatable bonds is 3. The second-order valence-corrected chi connectivity index (χ2v) is 5.99. The topological polar surface area (TPSA) is 51.2 Å². The van der Waals surface area contributed by atoms with E-state index in [1.807, 2.05) is 31.2 Å². The molecule has 0 radical (unpaired) electrons. The molecule has 0 aliphatic carbocycles. The molecule has 0 bridgehead atoms. The Hall–Kier alpha value is -1.59. The molecule has 21 heavy (non-hydrogen) atoms. The molecule has 1 aromatic heterocycles. The lowest BCUT2D eigenvalue weighted by Crippen LogP contribution is -2.43. The third-order valence-electron chi connectivity index (χ3n) is 3.98. The average Bonchev–Trinajstić information content (AvgIpc) is 2.95. The van der Waals surface area contributed by atoms with Crippen molar-refractivity contribution < 1.29 is 9.53 Å². The van der Waals surface area contributed by atoms with Crippen molar-refractivity contribution in [3.63, 3.8) is 0 Å². The molecule has 1 aliphatic heterocycles. The van der Waals surface area contributed by atoms with E-state index in [0.29, 0.717) is 13.2 Å². The summed E-state index contributed by atoms with van der Waals surface area (Å²) in [6.07, 6.45) is 3.46. The van der Waals surface area contributed by atoms with Crippen LogP contribution in [0.5, 0.6) is 0 Å². The standard InChI is InChI=1S/C16H18N2O2S/c1-16(7-3-9-20-16)15(19)18-10-11-5-6-13(21)14-12(11)4-2-8-17-14/h2,4-6,8,21H,3,7,9-10H2,1H3,(H,18,19). The summed E-state index contributed by atoms with van der Waals surface area (Å²) < 4.78 is 5.56. The minimum Gasteiger partial charge on any atom is -0.365 e. The first-order valence-electron chi connectivity index (χ1n) is 7.08. The zero-order chi connectivity index (χ0) is 14.9. The highest BCUT2D eigenvalue weighted by Crippen LogP contribution is 2.26. The molecule has 3 rings (SSSR count). The predicted molar refractivity (Wildman–Crippen MR) is 84.4 cm³/mol. The number of carbonyl (C=O) groups excluding carboxylic acids is 1. The van der Waals surface area contributed by atoms with E-state index in [-0.39, 0.29) is 5.91 Å². The molecule has 4 nitrogen and oxygen atoms in total.